The lowest BCUT2D eigenvalue weighted by molar-refractivity contribution is -0.116. The van der Waals surface area contributed by atoms with Crippen molar-refractivity contribution in [1.29, 1.82) is 0 Å². The SMILES string of the molecule is CO[C@@H](C=O)N(C(=O)c1ccccc1)c1ccccc1C. The molecule has 0 saturated heterocycles. The van der Waals surface area contributed by atoms with Gasteiger partial charge in [-0.15, -0.1) is 0 Å². The molecule has 0 aliphatic rings. The first kappa shape index (κ1) is 14.9. The van der Waals surface area contributed by atoms with Gasteiger partial charge < -0.3 is 4.74 Å². The van der Waals surface area contributed by atoms with Crippen LogP contribution in [-0.2, 0) is 9.53 Å². The number of hydrogen-bond acceptors (Lipinski definition) is 3. The van der Waals surface area contributed by atoms with Crippen LogP contribution < -0.4 is 4.90 Å². The number of carbonyl (C=O) groups excluding carboxylic acids is 2. The maximum absolute atomic E-state index is 12.7. The number of nitrogens with zero attached hydrogens (tertiary/aromatic N) is 1. The van der Waals surface area contributed by atoms with Crippen molar-refractivity contribution in [2.24, 2.45) is 0 Å². The Labute approximate surface area is 124 Å². The number of carbonyl (C=O) groups is 2. The van der Waals surface area contributed by atoms with E-state index in [1.165, 1.54) is 12.0 Å². The van der Waals surface area contributed by atoms with Gasteiger partial charge in [-0.25, -0.2) is 0 Å². The number of aldehydes is 1. The molecule has 4 nitrogen and oxygen atoms in total. The minimum Gasteiger partial charge on any atom is -0.354 e. The van der Waals surface area contributed by atoms with Gasteiger partial charge in [-0.05, 0) is 30.7 Å². The quantitative estimate of drug-likeness (QED) is 0.626. The monoisotopic (exact) mass is 283 g/mol. The second-order valence-electron chi connectivity index (χ2n) is 4.59. The number of aryl methyl sites for hydroxylation is 1. The summed E-state index contributed by atoms with van der Waals surface area (Å²) >= 11 is 0. The van der Waals surface area contributed by atoms with Crippen LogP contribution in [0.1, 0.15) is 15.9 Å². The average molecular weight is 283 g/mol. The molecular formula is C17H17NO3. The molecule has 0 heterocycles. The Hall–Kier alpha value is -2.46. The Morgan fingerprint density at radius 3 is 2.29 bits per heavy atom. The van der Waals surface area contributed by atoms with Crippen LogP contribution >= 0.6 is 0 Å². The third-order valence-electron chi connectivity index (χ3n) is 3.23. The van der Waals surface area contributed by atoms with Crippen molar-refractivity contribution in [2.45, 2.75) is 13.2 Å². The van der Waals surface area contributed by atoms with Crippen LogP contribution in [0.4, 0.5) is 5.69 Å². The van der Waals surface area contributed by atoms with E-state index in [1.54, 1.807) is 30.3 Å². The number of ether oxygens (including phenoxy) is 1. The predicted octanol–water partition coefficient (Wildman–Crippen LogP) is 2.81. The van der Waals surface area contributed by atoms with Gasteiger partial charge in [0.25, 0.3) is 5.91 Å². The third kappa shape index (κ3) is 3.17. The molecule has 4 heteroatoms. The van der Waals surface area contributed by atoms with Gasteiger partial charge in [-0.1, -0.05) is 36.4 Å². The van der Waals surface area contributed by atoms with E-state index >= 15 is 0 Å². The van der Waals surface area contributed by atoms with E-state index in [9.17, 15) is 9.59 Å². The smallest absolute Gasteiger partial charge is 0.260 e. The topological polar surface area (TPSA) is 46.6 Å². The number of amides is 1. The molecule has 2 aromatic carbocycles. The van der Waals surface area contributed by atoms with E-state index in [4.69, 9.17) is 4.74 Å². The molecule has 108 valence electrons. The summed E-state index contributed by atoms with van der Waals surface area (Å²) in [5.74, 6) is -0.274. The van der Waals surface area contributed by atoms with E-state index in [1.807, 2.05) is 31.2 Å². The largest absolute Gasteiger partial charge is 0.354 e. The Bertz CT molecular complexity index is 625. The summed E-state index contributed by atoms with van der Waals surface area (Å²) in [6.45, 7) is 1.89. The Balaban J connectivity index is 2.49. The second-order valence-corrected chi connectivity index (χ2v) is 4.59. The average Bonchev–Trinajstić information content (AvgIpc) is 2.54. The fourth-order valence-electron chi connectivity index (χ4n) is 2.14. The molecule has 0 aliphatic heterocycles. The van der Waals surface area contributed by atoms with Gasteiger partial charge in [-0.3, -0.25) is 14.5 Å². The fraction of sp³-hybridized carbons (Fsp3) is 0.176. The van der Waals surface area contributed by atoms with E-state index in [2.05, 4.69) is 0 Å². The molecule has 0 spiro atoms. The van der Waals surface area contributed by atoms with Crippen molar-refractivity contribution in [3.8, 4) is 0 Å². The number of rotatable bonds is 5. The van der Waals surface area contributed by atoms with Gasteiger partial charge in [0.05, 0.1) is 0 Å². The van der Waals surface area contributed by atoms with Crippen LogP contribution in [0.25, 0.3) is 0 Å². The molecule has 2 aromatic rings. The molecule has 0 bridgehead atoms. The summed E-state index contributed by atoms with van der Waals surface area (Å²) in [5, 5.41) is 0. The minimum atomic E-state index is -0.959. The lowest BCUT2D eigenvalue weighted by Crippen LogP contribution is -2.43. The van der Waals surface area contributed by atoms with Gasteiger partial charge >= 0.3 is 0 Å². The highest BCUT2D eigenvalue weighted by atomic mass is 16.5. The first-order chi connectivity index (χ1) is 10.2. The molecule has 21 heavy (non-hydrogen) atoms. The number of anilines is 1. The zero-order valence-corrected chi connectivity index (χ0v) is 12.0. The van der Waals surface area contributed by atoms with Crippen LogP contribution in [0.15, 0.2) is 54.6 Å². The molecule has 1 atom stereocenters. The molecule has 0 radical (unpaired) electrons. The molecule has 0 unspecified atom stereocenters. The maximum atomic E-state index is 12.7. The van der Waals surface area contributed by atoms with Crippen LogP contribution in [-0.4, -0.2) is 25.5 Å². The van der Waals surface area contributed by atoms with Crippen LogP contribution in [0.3, 0.4) is 0 Å². The van der Waals surface area contributed by atoms with Gasteiger partial charge in [0.15, 0.2) is 12.5 Å². The first-order valence-electron chi connectivity index (χ1n) is 6.61. The molecule has 0 fully saturated rings. The summed E-state index contributed by atoms with van der Waals surface area (Å²) in [5.41, 5.74) is 2.06. The number of hydrogen-bond donors (Lipinski definition) is 0. The molecular weight excluding hydrogens is 266 g/mol. The lowest BCUT2D eigenvalue weighted by atomic mass is 10.1. The Kier molecular flexibility index (Phi) is 4.85. The third-order valence-corrected chi connectivity index (χ3v) is 3.23. The zero-order valence-electron chi connectivity index (χ0n) is 12.0. The maximum Gasteiger partial charge on any atom is 0.260 e. The normalized spacial score (nSPS) is 11.7. The van der Waals surface area contributed by atoms with Crippen molar-refractivity contribution < 1.29 is 14.3 Å². The summed E-state index contributed by atoms with van der Waals surface area (Å²) in [7, 11) is 1.41. The van der Waals surface area contributed by atoms with Gasteiger partial charge in [-0.2, -0.15) is 0 Å². The van der Waals surface area contributed by atoms with Crippen LogP contribution in [0.2, 0.25) is 0 Å². The Morgan fingerprint density at radius 1 is 1.10 bits per heavy atom. The van der Waals surface area contributed by atoms with E-state index in [0.717, 1.165) is 5.56 Å². The first-order valence-corrected chi connectivity index (χ1v) is 6.61. The summed E-state index contributed by atoms with van der Waals surface area (Å²) < 4.78 is 5.15. The summed E-state index contributed by atoms with van der Waals surface area (Å²) in [6, 6.07) is 16.2. The molecule has 0 saturated carbocycles. The zero-order chi connectivity index (χ0) is 15.2. The van der Waals surface area contributed by atoms with Crippen molar-refractivity contribution in [3.05, 3.63) is 65.7 Å². The highest BCUT2D eigenvalue weighted by Gasteiger charge is 2.26. The van der Waals surface area contributed by atoms with Crippen LogP contribution in [0, 0.1) is 6.92 Å². The van der Waals surface area contributed by atoms with E-state index < -0.39 is 6.23 Å². The lowest BCUT2D eigenvalue weighted by Gasteiger charge is -2.28. The summed E-state index contributed by atoms with van der Waals surface area (Å²) in [6.07, 6.45) is -0.341. The fourth-order valence-corrected chi connectivity index (χ4v) is 2.14. The summed E-state index contributed by atoms with van der Waals surface area (Å²) in [4.78, 5) is 25.4. The minimum absolute atomic E-state index is 0.274. The van der Waals surface area contributed by atoms with Crippen molar-refractivity contribution in [3.63, 3.8) is 0 Å². The van der Waals surface area contributed by atoms with E-state index in [0.29, 0.717) is 17.5 Å². The second kappa shape index (κ2) is 6.81. The highest BCUT2D eigenvalue weighted by Crippen LogP contribution is 2.23. The van der Waals surface area contributed by atoms with Gasteiger partial charge in [0.1, 0.15) is 0 Å². The van der Waals surface area contributed by atoms with Gasteiger partial charge in [0, 0.05) is 18.4 Å². The predicted molar refractivity (Wildman–Crippen MR) is 81.3 cm³/mol. The van der Waals surface area contributed by atoms with Gasteiger partial charge in [0.2, 0.25) is 0 Å². The Morgan fingerprint density at radius 2 is 1.71 bits per heavy atom. The van der Waals surface area contributed by atoms with Crippen molar-refractivity contribution in [1.82, 2.24) is 0 Å². The highest BCUT2D eigenvalue weighted by molar-refractivity contribution is 6.08. The number of methoxy groups -OCH3 is 1. The molecule has 0 aromatic heterocycles. The number of para-hydroxylation sites is 1. The molecule has 2 rings (SSSR count). The molecule has 1 amide bonds. The number of benzene rings is 2. The van der Waals surface area contributed by atoms with Crippen LogP contribution in [0.5, 0.6) is 0 Å². The van der Waals surface area contributed by atoms with Crippen molar-refractivity contribution in [2.75, 3.05) is 12.0 Å². The molecule has 0 N–H and O–H groups in total. The standard InChI is InChI=1S/C17H17NO3/c1-13-8-6-7-11-15(13)18(16(12-19)21-2)17(20)14-9-4-3-5-10-14/h3-12,16H,1-2H3/t16-/m0/s1. The van der Waals surface area contributed by atoms with E-state index in [-0.39, 0.29) is 5.91 Å². The molecule has 0 aliphatic carbocycles. The van der Waals surface area contributed by atoms with Crippen molar-refractivity contribution >= 4 is 17.9 Å².